The lowest BCUT2D eigenvalue weighted by Crippen LogP contribution is -2.37. The Morgan fingerprint density at radius 1 is 1.38 bits per heavy atom. The zero-order valence-electron chi connectivity index (χ0n) is 12.0. The molecule has 5 nitrogen and oxygen atoms in total. The Labute approximate surface area is 137 Å². The predicted molar refractivity (Wildman–Crippen MR) is 86.5 cm³/mol. The molecule has 0 aliphatic rings. The molecule has 0 radical (unpaired) electrons. The number of methoxy groups -OCH3 is 1. The minimum atomic E-state index is -0.363. The fraction of sp³-hybridized carbons (Fsp3) is 0.429. The van der Waals surface area contributed by atoms with Gasteiger partial charge in [0.1, 0.15) is 0 Å². The van der Waals surface area contributed by atoms with Gasteiger partial charge in [-0.15, -0.1) is 0 Å². The van der Waals surface area contributed by atoms with E-state index in [9.17, 15) is 9.59 Å². The maximum absolute atomic E-state index is 12.0. The quantitative estimate of drug-likeness (QED) is 0.742. The number of ether oxygens (including phenoxy) is 1. The summed E-state index contributed by atoms with van der Waals surface area (Å²) in [5.41, 5.74) is 0.541. The second-order valence-corrected chi connectivity index (χ2v) is 5.78. The van der Waals surface area contributed by atoms with Crippen molar-refractivity contribution in [2.45, 2.75) is 13.3 Å². The number of benzene rings is 1. The van der Waals surface area contributed by atoms with Crippen molar-refractivity contribution in [1.29, 1.82) is 0 Å². The van der Waals surface area contributed by atoms with Gasteiger partial charge in [0, 0.05) is 4.47 Å². The molecule has 1 N–H and O–H groups in total. The third-order valence-electron chi connectivity index (χ3n) is 2.69. The summed E-state index contributed by atoms with van der Waals surface area (Å²) in [6.45, 7) is 2.81. The van der Waals surface area contributed by atoms with Crippen molar-refractivity contribution in [3.05, 3.63) is 27.7 Å². The van der Waals surface area contributed by atoms with Gasteiger partial charge in [0.05, 0.1) is 30.9 Å². The van der Waals surface area contributed by atoms with Gasteiger partial charge < -0.3 is 10.1 Å². The lowest BCUT2D eigenvalue weighted by molar-refractivity contribution is -0.142. The van der Waals surface area contributed by atoms with Crippen LogP contribution in [0.25, 0.3) is 0 Å². The highest BCUT2D eigenvalue weighted by molar-refractivity contribution is 9.10. The molecule has 1 rings (SSSR count). The van der Waals surface area contributed by atoms with Crippen LogP contribution in [0.4, 0.5) is 5.69 Å². The molecule has 0 fully saturated rings. The highest BCUT2D eigenvalue weighted by Crippen LogP contribution is 2.25. The molecule has 0 saturated carbocycles. The summed E-state index contributed by atoms with van der Waals surface area (Å²) in [5.74, 6) is -0.588. The Balaban J connectivity index is 2.62. The first-order chi connectivity index (χ1) is 9.96. The number of nitrogens with zero attached hydrogens (tertiary/aromatic N) is 1. The van der Waals surface area contributed by atoms with Crippen LogP contribution in [0.3, 0.4) is 0 Å². The first-order valence-corrected chi connectivity index (χ1v) is 7.67. The van der Waals surface area contributed by atoms with Crippen molar-refractivity contribution in [2.24, 2.45) is 0 Å². The normalized spacial score (nSPS) is 10.5. The van der Waals surface area contributed by atoms with Crippen LogP contribution in [0.2, 0.25) is 5.02 Å². The van der Waals surface area contributed by atoms with Gasteiger partial charge >= 0.3 is 5.97 Å². The molecule has 0 aliphatic heterocycles. The van der Waals surface area contributed by atoms with Crippen LogP contribution >= 0.6 is 27.5 Å². The summed E-state index contributed by atoms with van der Waals surface area (Å²) in [6, 6.07) is 5.21. The molecule has 21 heavy (non-hydrogen) atoms. The molecule has 0 spiro atoms. The van der Waals surface area contributed by atoms with E-state index in [1.165, 1.54) is 7.11 Å². The maximum atomic E-state index is 12.0. The second kappa shape index (κ2) is 9.02. The van der Waals surface area contributed by atoms with Gasteiger partial charge in [0.25, 0.3) is 0 Å². The molecule has 1 aromatic carbocycles. The standard InChI is InChI=1S/C14H18BrClN2O3/c1-3-6-18(9-14(20)21-2)8-13(19)17-12-5-4-10(15)7-11(12)16/h4-5,7H,3,6,8-9H2,1-2H3,(H,17,19). The van der Waals surface area contributed by atoms with E-state index in [0.29, 0.717) is 17.3 Å². The maximum Gasteiger partial charge on any atom is 0.319 e. The number of rotatable bonds is 7. The van der Waals surface area contributed by atoms with E-state index < -0.39 is 0 Å². The van der Waals surface area contributed by atoms with Crippen molar-refractivity contribution in [1.82, 2.24) is 4.90 Å². The van der Waals surface area contributed by atoms with Gasteiger partial charge in [-0.2, -0.15) is 0 Å². The van der Waals surface area contributed by atoms with E-state index in [1.807, 2.05) is 6.92 Å². The third kappa shape index (κ3) is 6.46. The highest BCUT2D eigenvalue weighted by Gasteiger charge is 2.15. The Kier molecular flexibility index (Phi) is 7.71. The number of anilines is 1. The van der Waals surface area contributed by atoms with Crippen LogP contribution in [0.1, 0.15) is 13.3 Å². The van der Waals surface area contributed by atoms with Crippen molar-refractivity contribution in [3.8, 4) is 0 Å². The molecule has 0 unspecified atom stereocenters. The van der Waals surface area contributed by atoms with Gasteiger partial charge in [-0.1, -0.05) is 34.5 Å². The summed E-state index contributed by atoms with van der Waals surface area (Å²) < 4.78 is 5.46. The van der Waals surface area contributed by atoms with Gasteiger partial charge in [-0.05, 0) is 31.2 Å². The number of carbonyl (C=O) groups excluding carboxylic acids is 2. The minimum absolute atomic E-state index is 0.0891. The molecular formula is C14H18BrClN2O3. The fourth-order valence-electron chi connectivity index (χ4n) is 1.76. The van der Waals surface area contributed by atoms with Crippen LogP contribution in [-0.4, -0.2) is 43.5 Å². The van der Waals surface area contributed by atoms with E-state index >= 15 is 0 Å². The smallest absolute Gasteiger partial charge is 0.319 e. The van der Waals surface area contributed by atoms with Crippen LogP contribution in [0.15, 0.2) is 22.7 Å². The average Bonchev–Trinajstić information content (AvgIpc) is 2.42. The first kappa shape index (κ1) is 17.9. The number of esters is 1. The van der Waals surface area contributed by atoms with Crippen LogP contribution in [0, 0.1) is 0 Å². The second-order valence-electron chi connectivity index (χ2n) is 4.46. The van der Waals surface area contributed by atoms with Crippen LogP contribution in [0.5, 0.6) is 0 Å². The van der Waals surface area contributed by atoms with Crippen LogP contribution in [-0.2, 0) is 14.3 Å². The molecule has 0 saturated heterocycles. The first-order valence-electron chi connectivity index (χ1n) is 6.50. The van der Waals surface area contributed by atoms with E-state index in [0.717, 1.165) is 10.9 Å². The largest absolute Gasteiger partial charge is 0.468 e. The number of carbonyl (C=O) groups is 2. The van der Waals surface area contributed by atoms with E-state index in [1.54, 1.807) is 23.1 Å². The van der Waals surface area contributed by atoms with Crippen molar-refractivity contribution in [3.63, 3.8) is 0 Å². The molecule has 1 amide bonds. The van der Waals surface area contributed by atoms with E-state index in [2.05, 4.69) is 26.0 Å². The number of halogens is 2. The third-order valence-corrected chi connectivity index (χ3v) is 3.50. The van der Waals surface area contributed by atoms with E-state index in [-0.39, 0.29) is 25.0 Å². The Hall–Kier alpha value is -1.11. The van der Waals surface area contributed by atoms with Crippen molar-refractivity contribution >= 4 is 45.1 Å². The Bertz CT molecular complexity index is 511. The molecular weight excluding hydrogens is 360 g/mol. The zero-order chi connectivity index (χ0) is 15.8. The predicted octanol–water partition coefficient (Wildman–Crippen LogP) is 2.93. The Morgan fingerprint density at radius 2 is 2.10 bits per heavy atom. The number of hydrogen-bond acceptors (Lipinski definition) is 4. The molecule has 7 heteroatoms. The summed E-state index contributed by atoms with van der Waals surface area (Å²) in [4.78, 5) is 25.1. The molecule has 0 heterocycles. The molecule has 0 atom stereocenters. The molecule has 1 aromatic rings. The van der Waals surface area contributed by atoms with Gasteiger partial charge in [0.2, 0.25) is 5.91 Å². The molecule has 0 aliphatic carbocycles. The van der Waals surface area contributed by atoms with Gasteiger partial charge in [-0.3, -0.25) is 14.5 Å². The average molecular weight is 378 g/mol. The summed E-state index contributed by atoms with van der Waals surface area (Å²) in [6.07, 6.45) is 0.837. The van der Waals surface area contributed by atoms with Crippen LogP contribution < -0.4 is 5.32 Å². The van der Waals surface area contributed by atoms with Gasteiger partial charge in [0.15, 0.2) is 0 Å². The summed E-state index contributed by atoms with van der Waals surface area (Å²) >= 11 is 9.35. The van der Waals surface area contributed by atoms with Crippen molar-refractivity contribution in [2.75, 3.05) is 32.1 Å². The number of hydrogen-bond donors (Lipinski definition) is 1. The number of amides is 1. The van der Waals surface area contributed by atoms with Crippen molar-refractivity contribution < 1.29 is 14.3 Å². The molecule has 0 aromatic heterocycles. The SMILES string of the molecule is CCCN(CC(=O)Nc1ccc(Br)cc1Cl)CC(=O)OC. The van der Waals surface area contributed by atoms with E-state index in [4.69, 9.17) is 11.6 Å². The zero-order valence-corrected chi connectivity index (χ0v) is 14.3. The van der Waals surface area contributed by atoms with Gasteiger partial charge in [-0.25, -0.2) is 0 Å². The lowest BCUT2D eigenvalue weighted by Gasteiger charge is -2.19. The number of nitrogens with one attached hydrogen (secondary N) is 1. The topological polar surface area (TPSA) is 58.6 Å². The molecule has 0 bridgehead atoms. The summed E-state index contributed by atoms with van der Waals surface area (Å²) in [5, 5.41) is 3.18. The minimum Gasteiger partial charge on any atom is -0.468 e. The Morgan fingerprint density at radius 3 is 2.67 bits per heavy atom. The fourth-order valence-corrected chi connectivity index (χ4v) is 2.48. The highest BCUT2D eigenvalue weighted by atomic mass is 79.9. The lowest BCUT2D eigenvalue weighted by atomic mass is 10.3. The molecule has 116 valence electrons. The monoisotopic (exact) mass is 376 g/mol. The summed E-state index contributed by atoms with van der Waals surface area (Å²) in [7, 11) is 1.33.